The van der Waals surface area contributed by atoms with E-state index < -0.39 is 6.61 Å². The lowest BCUT2D eigenvalue weighted by molar-refractivity contribution is -0.0498. The minimum absolute atomic E-state index is 0.175. The predicted molar refractivity (Wildman–Crippen MR) is 57.3 cm³/mol. The van der Waals surface area contributed by atoms with Gasteiger partial charge in [-0.1, -0.05) is 19.1 Å². The highest BCUT2D eigenvalue weighted by molar-refractivity contribution is 5.33. The normalized spacial score (nSPS) is 28.9. The summed E-state index contributed by atoms with van der Waals surface area (Å²) in [4.78, 5) is 0. The average molecular weight is 227 g/mol. The van der Waals surface area contributed by atoms with Crippen LogP contribution in [0.4, 0.5) is 8.78 Å². The van der Waals surface area contributed by atoms with Crippen molar-refractivity contribution in [1.29, 1.82) is 0 Å². The van der Waals surface area contributed by atoms with Crippen molar-refractivity contribution in [3.63, 3.8) is 0 Å². The van der Waals surface area contributed by atoms with Crippen molar-refractivity contribution < 1.29 is 13.5 Å². The molecule has 0 saturated heterocycles. The largest absolute Gasteiger partial charge is 0.435 e. The maximum absolute atomic E-state index is 11.9. The Hall–Kier alpha value is -1.16. The van der Waals surface area contributed by atoms with E-state index in [1.165, 1.54) is 0 Å². The third-order valence-electron chi connectivity index (χ3n) is 3.49. The molecule has 88 valence electrons. The lowest BCUT2D eigenvalue weighted by Gasteiger charge is -2.45. The number of hydrogen-bond acceptors (Lipinski definition) is 2. The minimum atomic E-state index is -2.78. The molecular weight excluding hydrogens is 212 g/mol. The lowest BCUT2D eigenvalue weighted by atomic mass is 9.64. The molecule has 1 aromatic carbocycles. The maximum Gasteiger partial charge on any atom is 0.387 e. The van der Waals surface area contributed by atoms with Crippen LogP contribution in [0.25, 0.3) is 0 Å². The molecule has 1 saturated carbocycles. The summed E-state index contributed by atoms with van der Waals surface area (Å²) in [6.07, 6.45) is 2.06. The van der Waals surface area contributed by atoms with Crippen molar-refractivity contribution in [3.8, 4) is 5.75 Å². The van der Waals surface area contributed by atoms with Crippen molar-refractivity contribution in [2.75, 3.05) is 0 Å². The van der Waals surface area contributed by atoms with Crippen LogP contribution in [0.1, 0.15) is 25.3 Å². The van der Waals surface area contributed by atoms with Crippen LogP contribution in [0, 0.1) is 5.92 Å². The Bertz CT molecular complexity index is 366. The zero-order valence-electron chi connectivity index (χ0n) is 9.12. The van der Waals surface area contributed by atoms with Crippen LogP contribution in [-0.2, 0) is 5.54 Å². The van der Waals surface area contributed by atoms with E-state index in [0.29, 0.717) is 5.92 Å². The summed E-state index contributed by atoms with van der Waals surface area (Å²) in [5, 5.41) is 0. The quantitative estimate of drug-likeness (QED) is 0.861. The Labute approximate surface area is 93.4 Å². The van der Waals surface area contributed by atoms with E-state index in [1.807, 2.05) is 0 Å². The van der Waals surface area contributed by atoms with E-state index in [-0.39, 0.29) is 11.3 Å². The molecule has 0 amide bonds. The molecule has 4 heteroatoms. The number of ether oxygens (including phenoxy) is 1. The second kappa shape index (κ2) is 4.01. The van der Waals surface area contributed by atoms with Crippen LogP contribution in [-0.4, -0.2) is 6.61 Å². The maximum atomic E-state index is 11.9. The van der Waals surface area contributed by atoms with Gasteiger partial charge in [0.15, 0.2) is 0 Å². The van der Waals surface area contributed by atoms with Crippen LogP contribution < -0.4 is 10.5 Å². The van der Waals surface area contributed by atoms with Gasteiger partial charge in [-0.25, -0.2) is 0 Å². The van der Waals surface area contributed by atoms with Crippen LogP contribution >= 0.6 is 0 Å². The summed E-state index contributed by atoms with van der Waals surface area (Å²) < 4.78 is 28.2. The molecule has 2 N–H and O–H groups in total. The number of benzene rings is 1. The predicted octanol–water partition coefficient (Wildman–Crippen LogP) is 2.87. The molecule has 1 aliphatic rings. The molecule has 0 aromatic heterocycles. The number of halogens is 2. The molecule has 1 fully saturated rings. The SMILES string of the molecule is CC1CCC1(N)c1ccc(OC(F)F)cc1. The van der Waals surface area contributed by atoms with Crippen LogP contribution in [0.3, 0.4) is 0 Å². The van der Waals surface area contributed by atoms with Gasteiger partial charge < -0.3 is 10.5 Å². The standard InChI is InChI=1S/C12H15F2NO/c1-8-6-7-12(8,15)9-2-4-10(5-3-9)16-11(13)14/h2-5,8,11H,6-7,15H2,1H3. The first-order valence-electron chi connectivity index (χ1n) is 5.36. The molecule has 2 unspecified atom stereocenters. The van der Waals surface area contributed by atoms with E-state index in [4.69, 9.17) is 5.73 Å². The molecule has 16 heavy (non-hydrogen) atoms. The van der Waals surface area contributed by atoms with Gasteiger partial charge in [-0.2, -0.15) is 8.78 Å². The smallest absolute Gasteiger partial charge is 0.387 e. The molecule has 0 spiro atoms. The summed E-state index contributed by atoms with van der Waals surface area (Å²) >= 11 is 0. The molecule has 2 nitrogen and oxygen atoms in total. The Kier molecular flexibility index (Phi) is 2.84. The highest BCUT2D eigenvalue weighted by Gasteiger charge is 2.41. The lowest BCUT2D eigenvalue weighted by Crippen LogP contribution is -2.50. The minimum Gasteiger partial charge on any atom is -0.435 e. The molecule has 0 radical (unpaired) electrons. The molecule has 0 bridgehead atoms. The van der Waals surface area contributed by atoms with E-state index in [0.717, 1.165) is 18.4 Å². The molecule has 0 heterocycles. The van der Waals surface area contributed by atoms with Gasteiger partial charge >= 0.3 is 6.61 Å². The van der Waals surface area contributed by atoms with E-state index >= 15 is 0 Å². The summed E-state index contributed by atoms with van der Waals surface area (Å²) in [7, 11) is 0. The van der Waals surface area contributed by atoms with Crippen molar-refractivity contribution in [3.05, 3.63) is 29.8 Å². The first-order chi connectivity index (χ1) is 7.52. The van der Waals surface area contributed by atoms with Gasteiger partial charge in [-0.15, -0.1) is 0 Å². The molecule has 2 rings (SSSR count). The first kappa shape index (κ1) is 11.3. The van der Waals surface area contributed by atoms with Crippen LogP contribution in [0.5, 0.6) is 5.75 Å². The van der Waals surface area contributed by atoms with Crippen molar-refractivity contribution in [2.45, 2.75) is 31.9 Å². The molecule has 0 aliphatic heterocycles. The fraction of sp³-hybridized carbons (Fsp3) is 0.500. The summed E-state index contributed by atoms with van der Waals surface area (Å²) in [5.41, 5.74) is 6.94. The van der Waals surface area contributed by atoms with E-state index in [1.54, 1.807) is 24.3 Å². The van der Waals surface area contributed by atoms with Gasteiger partial charge in [-0.05, 0) is 36.5 Å². The van der Waals surface area contributed by atoms with Gasteiger partial charge in [0, 0.05) is 5.54 Å². The summed E-state index contributed by atoms with van der Waals surface area (Å²) in [6.45, 7) is -0.673. The van der Waals surface area contributed by atoms with Gasteiger partial charge in [0.1, 0.15) is 5.75 Å². The Morgan fingerprint density at radius 1 is 1.38 bits per heavy atom. The topological polar surface area (TPSA) is 35.2 Å². The summed E-state index contributed by atoms with van der Waals surface area (Å²) in [5.74, 6) is 0.615. The van der Waals surface area contributed by atoms with Gasteiger partial charge in [0.25, 0.3) is 0 Å². The average Bonchev–Trinajstić information content (AvgIpc) is 2.26. The molecule has 1 aliphatic carbocycles. The third-order valence-corrected chi connectivity index (χ3v) is 3.49. The zero-order valence-corrected chi connectivity index (χ0v) is 9.12. The zero-order chi connectivity index (χ0) is 11.8. The monoisotopic (exact) mass is 227 g/mol. The van der Waals surface area contributed by atoms with Gasteiger partial charge in [0.05, 0.1) is 0 Å². The second-order valence-electron chi connectivity index (χ2n) is 4.38. The number of nitrogens with two attached hydrogens (primary N) is 1. The van der Waals surface area contributed by atoms with Crippen LogP contribution in [0.2, 0.25) is 0 Å². The second-order valence-corrected chi connectivity index (χ2v) is 4.38. The Balaban J connectivity index is 2.13. The highest BCUT2D eigenvalue weighted by atomic mass is 19.3. The molecule has 1 aromatic rings. The molecule has 2 atom stereocenters. The van der Waals surface area contributed by atoms with Gasteiger partial charge in [-0.3, -0.25) is 0 Å². The summed E-state index contributed by atoms with van der Waals surface area (Å²) in [6, 6.07) is 6.63. The first-order valence-corrected chi connectivity index (χ1v) is 5.36. The van der Waals surface area contributed by atoms with Crippen molar-refractivity contribution >= 4 is 0 Å². The van der Waals surface area contributed by atoms with Gasteiger partial charge in [0.2, 0.25) is 0 Å². The highest BCUT2D eigenvalue weighted by Crippen LogP contribution is 2.44. The molecular formula is C12H15F2NO. The fourth-order valence-corrected chi connectivity index (χ4v) is 2.12. The van der Waals surface area contributed by atoms with E-state index in [2.05, 4.69) is 11.7 Å². The van der Waals surface area contributed by atoms with Crippen molar-refractivity contribution in [2.24, 2.45) is 11.7 Å². The number of alkyl halides is 2. The third kappa shape index (κ3) is 1.89. The van der Waals surface area contributed by atoms with Crippen molar-refractivity contribution in [1.82, 2.24) is 0 Å². The Morgan fingerprint density at radius 2 is 2.00 bits per heavy atom. The fourth-order valence-electron chi connectivity index (χ4n) is 2.12. The number of hydrogen-bond donors (Lipinski definition) is 1. The van der Waals surface area contributed by atoms with E-state index in [9.17, 15) is 8.78 Å². The Morgan fingerprint density at radius 3 is 2.38 bits per heavy atom. The number of rotatable bonds is 3. The van der Waals surface area contributed by atoms with Crippen LogP contribution in [0.15, 0.2) is 24.3 Å².